The van der Waals surface area contributed by atoms with Crippen molar-refractivity contribution in [2.45, 2.75) is 19.3 Å². The maximum atomic E-state index is 13.2. The van der Waals surface area contributed by atoms with Crippen LogP contribution in [0.3, 0.4) is 0 Å². The molecule has 4 nitrogen and oxygen atoms in total. The van der Waals surface area contributed by atoms with Crippen molar-refractivity contribution < 1.29 is 9.59 Å². The SMILES string of the molecule is O=C(c1cccc2ccccc12)N1CCC(C(=O)N2CC=C(c3ccccc3)CC2)CC1. The van der Waals surface area contributed by atoms with Crippen molar-refractivity contribution in [3.63, 3.8) is 0 Å². The van der Waals surface area contributed by atoms with E-state index in [9.17, 15) is 9.59 Å². The van der Waals surface area contributed by atoms with Crippen molar-refractivity contribution in [3.05, 3.63) is 90.0 Å². The lowest BCUT2D eigenvalue weighted by Crippen LogP contribution is -2.45. The van der Waals surface area contributed by atoms with Crippen molar-refractivity contribution in [3.8, 4) is 0 Å². The normalized spacial score (nSPS) is 17.3. The fourth-order valence-corrected chi connectivity index (χ4v) is 4.95. The summed E-state index contributed by atoms with van der Waals surface area (Å²) in [6.45, 7) is 2.72. The van der Waals surface area contributed by atoms with Crippen LogP contribution < -0.4 is 0 Å². The summed E-state index contributed by atoms with van der Waals surface area (Å²) in [6, 6.07) is 24.3. The van der Waals surface area contributed by atoms with E-state index in [-0.39, 0.29) is 17.7 Å². The third kappa shape index (κ3) is 4.05. The van der Waals surface area contributed by atoms with Gasteiger partial charge in [0.1, 0.15) is 0 Å². The van der Waals surface area contributed by atoms with Crippen molar-refractivity contribution in [2.24, 2.45) is 5.92 Å². The number of hydrogen-bond acceptors (Lipinski definition) is 2. The fraction of sp³-hybridized carbons (Fsp3) is 0.286. The molecule has 162 valence electrons. The zero-order valence-electron chi connectivity index (χ0n) is 18.2. The molecule has 2 heterocycles. The molecular weight excluding hydrogens is 396 g/mol. The summed E-state index contributed by atoms with van der Waals surface area (Å²) >= 11 is 0. The number of fused-ring (bicyclic) bond motifs is 1. The van der Waals surface area contributed by atoms with Crippen LogP contribution in [0.4, 0.5) is 0 Å². The average molecular weight is 425 g/mol. The maximum Gasteiger partial charge on any atom is 0.254 e. The Morgan fingerprint density at radius 3 is 2.22 bits per heavy atom. The van der Waals surface area contributed by atoms with Crippen LogP contribution in [0, 0.1) is 5.92 Å². The van der Waals surface area contributed by atoms with Gasteiger partial charge in [-0.2, -0.15) is 0 Å². The number of carbonyl (C=O) groups excluding carboxylic acids is 2. The van der Waals surface area contributed by atoms with Crippen LogP contribution in [0.2, 0.25) is 0 Å². The first kappa shape index (κ1) is 20.5. The van der Waals surface area contributed by atoms with Gasteiger partial charge in [-0.15, -0.1) is 0 Å². The Labute approximate surface area is 189 Å². The molecule has 0 radical (unpaired) electrons. The van der Waals surface area contributed by atoms with Gasteiger partial charge in [-0.3, -0.25) is 9.59 Å². The molecule has 4 heteroatoms. The summed E-state index contributed by atoms with van der Waals surface area (Å²) in [6.07, 6.45) is 4.56. The predicted octanol–water partition coefficient (Wildman–Crippen LogP) is 5.01. The number of carbonyl (C=O) groups is 2. The Kier molecular flexibility index (Phi) is 5.76. The van der Waals surface area contributed by atoms with Gasteiger partial charge in [0.2, 0.25) is 5.91 Å². The molecule has 1 fully saturated rings. The molecule has 0 aliphatic carbocycles. The molecule has 0 atom stereocenters. The van der Waals surface area contributed by atoms with E-state index >= 15 is 0 Å². The standard InChI is InChI=1S/C28H28N2O2/c31-27(29-17-13-22(14-18-29)21-7-2-1-3-8-21)24-15-19-30(20-16-24)28(32)26-12-6-10-23-9-4-5-11-25(23)26/h1-13,24H,14-20H2. The Balaban J connectivity index is 1.20. The van der Waals surface area contributed by atoms with E-state index in [0.29, 0.717) is 19.6 Å². The number of amides is 2. The van der Waals surface area contributed by atoms with Gasteiger partial charge in [0, 0.05) is 37.7 Å². The first-order valence-corrected chi connectivity index (χ1v) is 11.5. The first-order chi connectivity index (χ1) is 15.7. The van der Waals surface area contributed by atoms with Gasteiger partial charge >= 0.3 is 0 Å². The lowest BCUT2D eigenvalue weighted by atomic mass is 9.93. The molecule has 0 N–H and O–H groups in total. The quantitative estimate of drug-likeness (QED) is 0.593. The van der Waals surface area contributed by atoms with Crippen LogP contribution in [0.15, 0.2) is 78.9 Å². The lowest BCUT2D eigenvalue weighted by molar-refractivity contribution is -0.136. The molecule has 3 aromatic carbocycles. The number of nitrogens with zero attached hydrogens (tertiary/aromatic N) is 2. The molecule has 2 amide bonds. The number of likely N-dealkylation sites (tertiary alicyclic amines) is 1. The summed E-state index contributed by atoms with van der Waals surface area (Å²) in [4.78, 5) is 30.2. The summed E-state index contributed by atoms with van der Waals surface area (Å²) in [5.74, 6) is 0.324. The molecule has 1 saturated heterocycles. The van der Waals surface area contributed by atoms with Gasteiger partial charge in [0.15, 0.2) is 0 Å². The highest BCUT2D eigenvalue weighted by atomic mass is 16.2. The molecule has 0 unspecified atom stereocenters. The number of benzene rings is 3. The second-order valence-corrected chi connectivity index (χ2v) is 8.72. The topological polar surface area (TPSA) is 40.6 Å². The van der Waals surface area contributed by atoms with Gasteiger partial charge in [-0.05, 0) is 47.2 Å². The smallest absolute Gasteiger partial charge is 0.254 e. The zero-order chi connectivity index (χ0) is 21.9. The van der Waals surface area contributed by atoms with E-state index in [1.807, 2.05) is 58.3 Å². The van der Waals surface area contributed by atoms with Gasteiger partial charge in [-0.25, -0.2) is 0 Å². The van der Waals surface area contributed by atoms with Crippen LogP contribution in [0.1, 0.15) is 35.2 Å². The molecule has 32 heavy (non-hydrogen) atoms. The Morgan fingerprint density at radius 2 is 1.47 bits per heavy atom. The summed E-state index contributed by atoms with van der Waals surface area (Å²) in [5.41, 5.74) is 3.33. The zero-order valence-corrected chi connectivity index (χ0v) is 18.2. The molecule has 0 aromatic heterocycles. The average Bonchev–Trinajstić information content (AvgIpc) is 2.88. The highest BCUT2D eigenvalue weighted by molar-refractivity contribution is 6.07. The highest BCUT2D eigenvalue weighted by Gasteiger charge is 2.31. The largest absolute Gasteiger partial charge is 0.339 e. The monoisotopic (exact) mass is 424 g/mol. The second-order valence-electron chi connectivity index (χ2n) is 8.72. The minimum Gasteiger partial charge on any atom is -0.339 e. The van der Waals surface area contributed by atoms with Crippen LogP contribution in [-0.4, -0.2) is 47.8 Å². The molecule has 0 spiro atoms. The Bertz CT molecular complexity index is 1160. The van der Waals surface area contributed by atoms with Crippen LogP contribution in [0.25, 0.3) is 16.3 Å². The third-order valence-electron chi connectivity index (χ3n) is 6.82. The van der Waals surface area contributed by atoms with E-state index < -0.39 is 0 Å². The minimum atomic E-state index is 0.0123. The number of piperidine rings is 1. The first-order valence-electron chi connectivity index (χ1n) is 11.5. The molecule has 2 aliphatic heterocycles. The van der Waals surface area contributed by atoms with Gasteiger partial charge in [0.25, 0.3) is 5.91 Å². The van der Waals surface area contributed by atoms with E-state index in [4.69, 9.17) is 0 Å². The van der Waals surface area contributed by atoms with E-state index in [0.717, 1.165) is 42.1 Å². The minimum absolute atomic E-state index is 0.0123. The summed E-state index contributed by atoms with van der Waals surface area (Å²) in [7, 11) is 0. The lowest BCUT2D eigenvalue weighted by Gasteiger charge is -2.35. The summed E-state index contributed by atoms with van der Waals surface area (Å²) in [5, 5.41) is 2.07. The predicted molar refractivity (Wildman–Crippen MR) is 128 cm³/mol. The van der Waals surface area contributed by atoms with Crippen molar-refractivity contribution in [1.82, 2.24) is 9.80 Å². The van der Waals surface area contributed by atoms with Crippen LogP contribution in [-0.2, 0) is 4.79 Å². The molecule has 0 saturated carbocycles. The van der Waals surface area contributed by atoms with Crippen molar-refractivity contribution in [2.75, 3.05) is 26.2 Å². The molecule has 0 bridgehead atoms. The molecule has 2 aliphatic rings. The fourth-order valence-electron chi connectivity index (χ4n) is 4.95. The van der Waals surface area contributed by atoms with Crippen molar-refractivity contribution in [1.29, 1.82) is 0 Å². The molecular formula is C28H28N2O2. The van der Waals surface area contributed by atoms with Crippen molar-refractivity contribution >= 4 is 28.2 Å². The Hall–Kier alpha value is -3.40. The number of rotatable bonds is 3. The van der Waals surface area contributed by atoms with E-state index in [1.165, 1.54) is 11.1 Å². The van der Waals surface area contributed by atoms with E-state index in [2.05, 4.69) is 30.3 Å². The Morgan fingerprint density at radius 1 is 0.750 bits per heavy atom. The highest BCUT2D eigenvalue weighted by Crippen LogP contribution is 2.27. The van der Waals surface area contributed by atoms with Gasteiger partial charge in [-0.1, -0.05) is 72.8 Å². The van der Waals surface area contributed by atoms with Crippen LogP contribution >= 0.6 is 0 Å². The molecule has 3 aromatic rings. The van der Waals surface area contributed by atoms with Crippen LogP contribution in [0.5, 0.6) is 0 Å². The summed E-state index contributed by atoms with van der Waals surface area (Å²) < 4.78 is 0. The van der Waals surface area contributed by atoms with E-state index in [1.54, 1.807) is 0 Å². The number of hydrogen-bond donors (Lipinski definition) is 0. The third-order valence-corrected chi connectivity index (χ3v) is 6.82. The maximum absolute atomic E-state index is 13.2. The molecule has 5 rings (SSSR count). The van der Waals surface area contributed by atoms with Gasteiger partial charge < -0.3 is 9.80 Å². The van der Waals surface area contributed by atoms with Gasteiger partial charge in [0.05, 0.1) is 0 Å². The second kappa shape index (κ2) is 8.99.